The summed E-state index contributed by atoms with van der Waals surface area (Å²) in [6.45, 7) is 4.90. The summed E-state index contributed by atoms with van der Waals surface area (Å²) in [6, 6.07) is 7.65. The number of halogens is 1. The molecule has 0 aromatic heterocycles. The van der Waals surface area contributed by atoms with Gasteiger partial charge in [-0.1, -0.05) is 44.0 Å². The number of amides is 1. The second-order valence-electron chi connectivity index (χ2n) is 6.87. The minimum atomic E-state index is -0.713. The minimum Gasteiger partial charge on any atom is -0.386 e. The van der Waals surface area contributed by atoms with E-state index in [4.69, 9.17) is 11.6 Å². The average molecular weight is 308 g/mol. The molecule has 1 aromatic carbocycles. The number of hydrogen-bond donors (Lipinski definition) is 1. The molecule has 1 heterocycles. The maximum atomic E-state index is 12.9. The summed E-state index contributed by atoms with van der Waals surface area (Å²) in [6.07, 6.45) is 2.83. The number of carbonyl (C=O) groups is 1. The van der Waals surface area contributed by atoms with Crippen LogP contribution < -0.4 is 0 Å². The third-order valence-corrected chi connectivity index (χ3v) is 5.52. The summed E-state index contributed by atoms with van der Waals surface area (Å²) in [5.41, 5.74) is -0.107. The van der Waals surface area contributed by atoms with Crippen LogP contribution in [0.15, 0.2) is 24.3 Å². The molecule has 0 radical (unpaired) electrons. The first-order valence-corrected chi connectivity index (χ1v) is 8.03. The maximum absolute atomic E-state index is 12.9. The second-order valence-corrected chi connectivity index (χ2v) is 7.30. The monoisotopic (exact) mass is 307 g/mol. The van der Waals surface area contributed by atoms with Crippen molar-refractivity contribution in [3.05, 3.63) is 34.9 Å². The second kappa shape index (κ2) is 4.99. The summed E-state index contributed by atoms with van der Waals surface area (Å²) in [7, 11) is 0. The van der Waals surface area contributed by atoms with Crippen molar-refractivity contribution in [1.82, 2.24) is 4.90 Å². The minimum absolute atomic E-state index is 0.154. The normalized spacial score (nSPS) is 22.6. The van der Waals surface area contributed by atoms with Crippen LogP contribution in [-0.4, -0.2) is 34.6 Å². The summed E-state index contributed by atoms with van der Waals surface area (Å²) >= 11 is 6.09. The third kappa shape index (κ3) is 2.27. The number of aliphatic hydroxyl groups is 1. The molecular weight excluding hydrogens is 286 g/mol. The summed E-state index contributed by atoms with van der Waals surface area (Å²) < 4.78 is 0. The van der Waals surface area contributed by atoms with Gasteiger partial charge in [0, 0.05) is 5.02 Å². The van der Waals surface area contributed by atoms with Gasteiger partial charge in [0.15, 0.2) is 0 Å². The Morgan fingerprint density at radius 1 is 1.33 bits per heavy atom. The van der Waals surface area contributed by atoms with E-state index in [1.165, 1.54) is 0 Å². The summed E-state index contributed by atoms with van der Waals surface area (Å²) in [5, 5.41) is 11.0. The Labute approximate surface area is 130 Å². The molecule has 1 aromatic rings. The molecule has 3 rings (SSSR count). The Morgan fingerprint density at radius 3 is 2.48 bits per heavy atom. The Morgan fingerprint density at radius 2 is 2.00 bits per heavy atom. The van der Waals surface area contributed by atoms with E-state index in [-0.39, 0.29) is 11.8 Å². The van der Waals surface area contributed by atoms with Crippen LogP contribution in [0.1, 0.15) is 38.7 Å². The predicted molar refractivity (Wildman–Crippen MR) is 83.3 cm³/mol. The molecule has 3 nitrogen and oxygen atoms in total. The number of hydrogen-bond acceptors (Lipinski definition) is 2. The molecule has 0 unspecified atom stereocenters. The first-order chi connectivity index (χ1) is 9.87. The molecule has 0 spiro atoms. The van der Waals surface area contributed by atoms with Gasteiger partial charge in [-0.15, -0.1) is 0 Å². The van der Waals surface area contributed by atoms with Crippen molar-refractivity contribution < 1.29 is 9.90 Å². The van der Waals surface area contributed by atoms with E-state index in [1.54, 1.807) is 4.90 Å². The number of benzene rings is 1. The van der Waals surface area contributed by atoms with Crippen LogP contribution in [0, 0.1) is 5.92 Å². The van der Waals surface area contributed by atoms with Crippen molar-refractivity contribution in [2.45, 2.75) is 44.1 Å². The van der Waals surface area contributed by atoms with Gasteiger partial charge in [0.2, 0.25) is 5.91 Å². The standard InChI is InChI=1S/C17H22ClNO2/c1-12(2)17(21)10-19(11-17)15(20)16(7-4-8-16)13-5-3-6-14(18)9-13/h3,5-6,9,12,21H,4,7-8,10-11H2,1-2H3. The quantitative estimate of drug-likeness (QED) is 0.932. The fourth-order valence-corrected chi connectivity index (χ4v) is 3.56. The van der Waals surface area contributed by atoms with Crippen LogP contribution in [0.4, 0.5) is 0 Å². The van der Waals surface area contributed by atoms with E-state index in [0.29, 0.717) is 18.1 Å². The van der Waals surface area contributed by atoms with Crippen LogP contribution in [0.2, 0.25) is 5.02 Å². The highest BCUT2D eigenvalue weighted by molar-refractivity contribution is 6.30. The molecule has 4 heteroatoms. The smallest absolute Gasteiger partial charge is 0.233 e. The first kappa shape index (κ1) is 14.9. The van der Waals surface area contributed by atoms with Gasteiger partial charge in [0.25, 0.3) is 0 Å². The van der Waals surface area contributed by atoms with E-state index in [2.05, 4.69) is 0 Å². The van der Waals surface area contributed by atoms with E-state index in [0.717, 1.165) is 24.8 Å². The SMILES string of the molecule is CC(C)C1(O)CN(C(=O)C2(c3cccc(Cl)c3)CCC2)C1. The Bertz CT molecular complexity index is 560. The Kier molecular flexibility index (Phi) is 3.53. The van der Waals surface area contributed by atoms with Gasteiger partial charge in [-0.2, -0.15) is 0 Å². The fraction of sp³-hybridized carbons (Fsp3) is 0.588. The molecule has 1 N–H and O–H groups in total. The van der Waals surface area contributed by atoms with Gasteiger partial charge in [-0.05, 0) is 36.5 Å². The average Bonchev–Trinajstić information content (AvgIpc) is 2.33. The van der Waals surface area contributed by atoms with E-state index in [9.17, 15) is 9.90 Å². The van der Waals surface area contributed by atoms with Crippen molar-refractivity contribution in [3.8, 4) is 0 Å². The maximum Gasteiger partial charge on any atom is 0.233 e. The van der Waals surface area contributed by atoms with Gasteiger partial charge in [-0.3, -0.25) is 4.79 Å². The molecule has 2 aliphatic rings. The lowest BCUT2D eigenvalue weighted by Gasteiger charge is -2.53. The van der Waals surface area contributed by atoms with E-state index >= 15 is 0 Å². The van der Waals surface area contributed by atoms with Crippen molar-refractivity contribution in [2.75, 3.05) is 13.1 Å². The van der Waals surface area contributed by atoms with E-state index < -0.39 is 11.0 Å². The number of nitrogens with zero attached hydrogens (tertiary/aromatic N) is 1. The van der Waals surface area contributed by atoms with Crippen LogP contribution in [0.5, 0.6) is 0 Å². The highest BCUT2D eigenvalue weighted by Crippen LogP contribution is 2.47. The molecule has 0 bridgehead atoms. The third-order valence-electron chi connectivity index (χ3n) is 5.28. The van der Waals surface area contributed by atoms with Crippen LogP contribution in [-0.2, 0) is 10.2 Å². The van der Waals surface area contributed by atoms with Gasteiger partial charge in [0.1, 0.15) is 5.60 Å². The first-order valence-electron chi connectivity index (χ1n) is 7.65. The molecule has 2 fully saturated rings. The van der Waals surface area contributed by atoms with Crippen molar-refractivity contribution in [3.63, 3.8) is 0 Å². The lowest BCUT2D eigenvalue weighted by atomic mass is 9.62. The molecule has 114 valence electrons. The lowest BCUT2D eigenvalue weighted by molar-refractivity contribution is -0.172. The topological polar surface area (TPSA) is 40.5 Å². The zero-order valence-electron chi connectivity index (χ0n) is 12.6. The zero-order chi connectivity index (χ0) is 15.3. The van der Waals surface area contributed by atoms with Crippen molar-refractivity contribution in [1.29, 1.82) is 0 Å². The van der Waals surface area contributed by atoms with E-state index in [1.807, 2.05) is 38.1 Å². The number of carbonyl (C=O) groups excluding carboxylic acids is 1. The molecule has 0 atom stereocenters. The molecular formula is C17H22ClNO2. The Hall–Kier alpha value is -1.06. The number of β-amino-alcohol motifs (C(OH)–C–C–N with tert-alkyl or cyclic N) is 1. The highest BCUT2D eigenvalue weighted by atomic mass is 35.5. The molecule has 21 heavy (non-hydrogen) atoms. The number of likely N-dealkylation sites (tertiary alicyclic amines) is 1. The van der Waals surface area contributed by atoms with Gasteiger partial charge in [-0.25, -0.2) is 0 Å². The molecule has 1 aliphatic carbocycles. The highest BCUT2D eigenvalue weighted by Gasteiger charge is 2.54. The van der Waals surface area contributed by atoms with Crippen molar-refractivity contribution >= 4 is 17.5 Å². The fourth-order valence-electron chi connectivity index (χ4n) is 3.37. The lowest BCUT2D eigenvalue weighted by Crippen LogP contribution is -2.69. The van der Waals surface area contributed by atoms with Crippen molar-refractivity contribution in [2.24, 2.45) is 5.92 Å². The number of rotatable bonds is 3. The summed E-state index contributed by atoms with van der Waals surface area (Å²) in [5.74, 6) is 0.325. The van der Waals surface area contributed by atoms with Gasteiger partial charge < -0.3 is 10.0 Å². The van der Waals surface area contributed by atoms with Crippen LogP contribution in [0.3, 0.4) is 0 Å². The largest absolute Gasteiger partial charge is 0.386 e. The van der Waals surface area contributed by atoms with Crippen LogP contribution >= 0.6 is 11.6 Å². The molecule has 1 saturated heterocycles. The molecule has 1 amide bonds. The van der Waals surface area contributed by atoms with Gasteiger partial charge in [0.05, 0.1) is 18.5 Å². The van der Waals surface area contributed by atoms with Crippen LogP contribution in [0.25, 0.3) is 0 Å². The summed E-state index contributed by atoms with van der Waals surface area (Å²) in [4.78, 5) is 14.7. The van der Waals surface area contributed by atoms with Gasteiger partial charge >= 0.3 is 0 Å². The predicted octanol–water partition coefficient (Wildman–Crippen LogP) is 2.99. The Balaban J connectivity index is 1.80. The molecule has 1 aliphatic heterocycles. The zero-order valence-corrected chi connectivity index (χ0v) is 13.4. The molecule has 1 saturated carbocycles.